The average molecular weight is 491 g/mol. The molecule has 4 heterocycles. The van der Waals surface area contributed by atoms with E-state index < -0.39 is 6.10 Å². The number of β-amino-alcohol motifs (C(OH)–C–C–N with tert-alkyl or cyclic N) is 1. The number of aliphatic hydroxyl groups excluding tert-OH is 1. The van der Waals surface area contributed by atoms with E-state index in [4.69, 9.17) is 0 Å². The van der Waals surface area contributed by atoms with Crippen molar-refractivity contribution in [1.29, 1.82) is 5.26 Å². The van der Waals surface area contributed by atoms with E-state index in [1.165, 1.54) is 11.8 Å². The fourth-order valence-electron chi connectivity index (χ4n) is 4.61. The summed E-state index contributed by atoms with van der Waals surface area (Å²) in [6, 6.07) is 14.7. The minimum Gasteiger partial charge on any atom is -0.390 e. The summed E-state index contributed by atoms with van der Waals surface area (Å²) in [6.07, 6.45) is 0.216. The number of likely N-dealkylation sites (tertiary alicyclic amines) is 1. The van der Waals surface area contributed by atoms with Gasteiger partial charge in [0.1, 0.15) is 5.82 Å². The van der Waals surface area contributed by atoms with Crippen molar-refractivity contribution in [3.8, 4) is 6.07 Å². The molecule has 0 radical (unpaired) electrons. The smallest absolute Gasteiger partial charge is 0.251 e. The number of anilines is 1. The molecule has 2 aliphatic heterocycles. The highest BCUT2D eigenvalue weighted by Crippen LogP contribution is 2.29. The topological polar surface area (TPSA) is 123 Å². The first kappa shape index (κ1) is 23.5. The molecule has 10 heteroatoms. The second-order valence-electron chi connectivity index (χ2n) is 8.84. The minimum atomic E-state index is -0.550. The lowest BCUT2D eigenvalue weighted by Gasteiger charge is -2.36. The van der Waals surface area contributed by atoms with Crippen LogP contribution in [0.5, 0.6) is 0 Å². The van der Waals surface area contributed by atoms with Gasteiger partial charge < -0.3 is 20.3 Å². The largest absolute Gasteiger partial charge is 0.390 e. The van der Waals surface area contributed by atoms with E-state index in [2.05, 4.69) is 26.6 Å². The number of amides is 1. The van der Waals surface area contributed by atoms with Gasteiger partial charge in [-0.15, -0.1) is 11.8 Å². The van der Waals surface area contributed by atoms with Gasteiger partial charge in [-0.25, -0.2) is 4.98 Å². The SMILES string of the molecule is N#Cc1ccc2ccc(=O)n(CCN3CC[C@@H](NCc4ccc5c(n4)NC(=O)CS5)[C@@H](O)C3)c2c1. The molecular formula is C25H26N6O3S. The van der Waals surface area contributed by atoms with Crippen LogP contribution in [0.3, 0.4) is 0 Å². The number of rotatable bonds is 6. The summed E-state index contributed by atoms with van der Waals surface area (Å²) in [7, 11) is 0. The number of nitrogens with one attached hydrogen (secondary N) is 2. The number of aromatic nitrogens is 2. The quantitative estimate of drug-likeness (QED) is 0.476. The molecule has 9 nitrogen and oxygen atoms in total. The summed E-state index contributed by atoms with van der Waals surface area (Å²) in [5.41, 5.74) is 1.99. The van der Waals surface area contributed by atoms with Crippen LogP contribution in [0.1, 0.15) is 17.7 Å². The van der Waals surface area contributed by atoms with Gasteiger partial charge in [-0.05, 0) is 48.7 Å². The van der Waals surface area contributed by atoms with Gasteiger partial charge in [0, 0.05) is 38.3 Å². The lowest BCUT2D eigenvalue weighted by Crippen LogP contribution is -2.53. The van der Waals surface area contributed by atoms with Crippen molar-refractivity contribution < 1.29 is 9.90 Å². The monoisotopic (exact) mass is 490 g/mol. The molecular weight excluding hydrogens is 464 g/mol. The molecule has 3 N–H and O–H groups in total. The van der Waals surface area contributed by atoms with E-state index >= 15 is 0 Å². The Balaban J connectivity index is 1.17. The van der Waals surface area contributed by atoms with Crippen LogP contribution in [-0.4, -0.2) is 63.0 Å². The molecule has 35 heavy (non-hydrogen) atoms. The number of thioether (sulfide) groups is 1. The van der Waals surface area contributed by atoms with Gasteiger partial charge in [-0.2, -0.15) is 5.26 Å². The van der Waals surface area contributed by atoms with Crippen LogP contribution in [0.25, 0.3) is 10.9 Å². The van der Waals surface area contributed by atoms with E-state index in [9.17, 15) is 20.0 Å². The lowest BCUT2D eigenvalue weighted by molar-refractivity contribution is -0.113. The number of hydrogen-bond acceptors (Lipinski definition) is 8. The minimum absolute atomic E-state index is 0.0424. The summed E-state index contributed by atoms with van der Waals surface area (Å²) in [4.78, 5) is 31.8. The van der Waals surface area contributed by atoms with Crippen molar-refractivity contribution in [2.45, 2.75) is 36.6 Å². The number of hydrogen-bond donors (Lipinski definition) is 3. The van der Waals surface area contributed by atoms with Gasteiger partial charge in [0.2, 0.25) is 5.91 Å². The van der Waals surface area contributed by atoms with E-state index in [0.717, 1.165) is 34.5 Å². The number of nitriles is 1. The van der Waals surface area contributed by atoms with Gasteiger partial charge in [-0.1, -0.05) is 6.07 Å². The van der Waals surface area contributed by atoms with Crippen LogP contribution in [0.2, 0.25) is 0 Å². The van der Waals surface area contributed by atoms with Crippen molar-refractivity contribution >= 4 is 34.4 Å². The third kappa shape index (κ3) is 5.23. The second kappa shape index (κ2) is 10.2. The molecule has 0 saturated carbocycles. The van der Waals surface area contributed by atoms with E-state index in [1.807, 2.05) is 18.2 Å². The molecule has 2 aromatic heterocycles. The Bertz CT molecular complexity index is 1370. The van der Waals surface area contributed by atoms with Crippen molar-refractivity contribution in [3.05, 3.63) is 64.1 Å². The van der Waals surface area contributed by atoms with Crippen LogP contribution in [-0.2, 0) is 17.9 Å². The molecule has 0 aliphatic carbocycles. The molecule has 1 amide bonds. The Kier molecular flexibility index (Phi) is 6.83. The number of piperidine rings is 1. The molecule has 180 valence electrons. The maximum absolute atomic E-state index is 12.5. The highest BCUT2D eigenvalue weighted by atomic mass is 32.2. The zero-order valence-corrected chi connectivity index (χ0v) is 19.9. The van der Waals surface area contributed by atoms with E-state index in [-0.39, 0.29) is 17.5 Å². The van der Waals surface area contributed by atoms with Crippen molar-refractivity contribution in [3.63, 3.8) is 0 Å². The average Bonchev–Trinajstić information content (AvgIpc) is 2.87. The number of carbonyl (C=O) groups excluding carboxylic acids is 1. The van der Waals surface area contributed by atoms with Gasteiger partial charge >= 0.3 is 0 Å². The van der Waals surface area contributed by atoms with Crippen LogP contribution in [0.15, 0.2) is 52.2 Å². The Morgan fingerprint density at radius 1 is 1.20 bits per heavy atom. The molecule has 0 unspecified atom stereocenters. The lowest BCUT2D eigenvalue weighted by atomic mass is 10.0. The zero-order chi connectivity index (χ0) is 24.4. The Labute approximate surface area is 206 Å². The maximum atomic E-state index is 12.5. The fourth-order valence-corrected chi connectivity index (χ4v) is 5.36. The molecule has 5 rings (SSSR count). The third-order valence-electron chi connectivity index (χ3n) is 6.51. The third-order valence-corrected chi connectivity index (χ3v) is 7.55. The number of carbonyl (C=O) groups is 1. The highest BCUT2D eigenvalue weighted by Gasteiger charge is 2.27. The number of aliphatic hydroxyl groups is 1. The summed E-state index contributed by atoms with van der Waals surface area (Å²) in [5, 5.41) is 27.1. The molecule has 1 fully saturated rings. The molecule has 2 atom stereocenters. The normalized spacial score (nSPS) is 20.3. The van der Waals surface area contributed by atoms with Gasteiger partial charge in [0.05, 0.1) is 39.6 Å². The Morgan fingerprint density at radius 2 is 2.06 bits per heavy atom. The molecule has 0 bridgehead atoms. The van der Waals surface area contributed by atoms with Crippen LogP contribution in [0, 0.1) is 11.3 Å². The maximum Gasteiger partial charge on any atom is 0.251 e. The zero-order valence-electron chi connectivity index (χ0n) is 19.1. The van der Waals surface area contributed by atoms with Gasteiger partial charge in [0.15, 0.2) is 0 Å². The standard InChI is InChI=1S/C25H26N6O3S/c26-12-16-1-2-17-3-6-24(34)31(20(17)11-16)10-9-30-8-7-19(21(32)14-30)27-13-18-4-5-22-25(28-18)29-23(33)15-35-22/h1-6,11,19,21,27,32H,7-10,13-15H2,(H,28,29,33)/t19-,21+/m1/s1. The molecule has 1 saturated heterocycles. The van der Waals surface area contributed by atoms with Gasteiger partial charge in [0.25, 0.3) is 5.56 Å². The number of fused-ring (bicyclic) bond motifs is 2. The first-order valence-corrected chi connectivity index (χ1v) is 12.6. The summed E-state index contributed by atoms with van der Waals surface area (Å²) in [6.45, 7) is 2.91. The van der Waals surface area contributed by atoms with Crippen LogP contribution >= 0.6 is 11.8 Å². The molecule has 3 aromatic rings. The summed E-state index contributed by atoms with van der Waals surface area (Å²) in [5.74, 6) is 0.971. The van der Waals surface area contributed by atoms with Crippen LogP contribution < -0.4 is 16.2 Å². The Morgan fingerprint density at radius 3 is 2.89 bits per heavy atom. The molecule has 1 aromatic carbocycles. The second-order valence-corrected chi connectivity index (χ2v) is 9.86. The predicted octanol–water partition coefficient (Wildman–Crippen LogP) is 1.54. The number of pyridine rings is 2. The van der Waals surface area contributed by atoms with Crippen molar-refractivity contribution in [1.82, 2.24) is 19.8 Å². The summed E-state index contributed by atoms with van der Waals surface area (Å²) >= 11 is 1.48. The number of nitrogens with zero attached hydrogens (tertiary/aromatic N) is 4. The Hall–Kier alpha value is -3.23. The van der Waals surface area contributed by atoms with Crippen molar-refractivity contribution in [2.75, 3.05) is 30.7 Å². The fraction of sp³-hybridized carbons (Fsp3) is 0.360. The van der Waals surface area contributed by atoms with E-state index in [1.54, 1.807) is 28.8 Å². The molecule has 0 spiro atoms. The van der Waals surface area contributed by atoms with Crippen LogP contribution in [0.4, 0.5) is 5.82 Å². The van der Waals surface area contributed by atoms with E-state index in [0.29, 0.717) is 43.3 Å². The number of benzene rings is 1. The first-order chi connectivity index (χ1) is 17.0. The van der Waals surface area contributed by atoms with Gasteiger partial charge in [-0.3, -0.25) is 14.5 Å². The summed E-state index contributed by atoms with van der Waals surface area (Å²) < 4.78 is 1.70. The first-order valence-electron chi connectivity index (χ1n) is 11.6. The molecule has 2 aliphatic rings. The van der Waals surface area contributed by atoms with Crippen molar-refractivity contribution in [2.24, 2.45) is 0 Å². The highest BCUT2D eigenvalue weighted by molar-refractivity contribution is 8.00. The predicted molar refractivity (Wildman–Crippen MR) is 134 cm³/mol.